The van der Waals surface area contributed by atoms with E-state index in [0.29, 0.717) is 24.6 Å². The number of pyridine rings is 2. The summed E-state index contributed by atoms with van der Waals surface area (Å²) in [5.74, 6) is -3.24. The third-order valence-corrected chi connectivity index (χ3v) is 9.50. The van der Waals surface area contributed by atoms with E-state index in [4.69, 9.17) is 0 Å². The molecule has 3 aromatic carbocycles. The summed E-state index contributed by atoms with van der Waals surface area (Å²) in [6, 6.07) is 30.2. The van der Waals surface area contributed by atoms with Crippen LogP contribution in [0.5, 0.6) is 0 Å². The van der Waals surface area contributed by atoms with Gasteiger partial charge < -0.3 is 20.5 Å². The quantitative estimate of drug-likeness (QED) is 0.0811. The van der Waals surface area contributed by atoms with Gasteiger partial charge in [-0.2, -0.15) is 0 Å². The average molecular weight is 715 g/mol. The summed E-state index contributed by atoms with van der Waals surface area (Å²) in [6.45, 7) is 0. The summed E-state index contributed by atoms with van der Waals surface area (Å²) in [5.41, 5.74) is 0.663. The number of rotatable bonds is 11. The Kier molecular flexibility index (Phi) is 10.0. The number of anilines is 2. The van der Waals surface area contributed by atoms with E-state index >= 15 is 13.2 Å². The summed E-state index contributed by atoms with van der Waals surface area (Å²) in [5, 5.41) is 18.8. The first kappa shape index (κ1) is 35.1. The van der Waals surface area contributed by atoms with Gasteiger partial charge in [0.25, 0.3) is 5.91 Å². The molecule has 2 atom stereocenters. The number of carbonyl (C=O) groups is 1. The van der Waals surface area contributed by atoms with Crippen molar-refractivity contribution in [2.75, 3.05) is 10.6 Å². The zero-order chi connectivity index (χ0) is 37.0. The minimum absolute atomic E-state index is 0.0731. The van der Waals surface area contributed by atoms with Gasteiger partial charge in [-0.15, -0.1) is 0 Å². The topological polar surface area (TPSA) is 121 Å². The number of halogens is 3. The Bertz CT molecular complexity index is 2130. The highest BCUT2D eigenvalue weighted by molar-refractivity contribution is 6.13. The second-order valence-electron chi connectivity index (χ2n) is 13.1. The molecule has 3 aromatic heterocycles. The van der Waals surface area contributed by atoms with Crippen LogP contribution in [0, 0.1) is 22.9 Å². The third kappa shape index (κ3) is 7.39. The molecule has 7 rings (SSSR count). The lowest BCUT2D eigenvalue weighted by molar-refractivity contribution is 0.0921. The van der Waals surface area contributed by atoms with E-state index in [2.05, 4.69) is 30.9 Å². The van der Waals surface area contributed by atoms with E-state index in [1.807, 2.05) is 91.0 Å². The molecule has 0 unspecified atom stereocenters. The van der Waals surface area contributed by atoms with Gasteiger partial charge in [0.1, 0.15) is 28.6 Å². The summed E-state index contributed by atoms with van der Waals surface area (Å²) < 4.78 is 47.6. The fraction of sp³-hybridized carbons (Fsp3) is 0.195. The van der Waals surface area contributed by atoms with Gasteiger partial charge in [0.15, 0.2) is 17.5 Å². The highest BCUT2D eigenvalue weighted by Gasteiger charge is 2.38. The van der Waals surface area contributed by atoms with Crippen LogP contribution in [0.2, 0.25) is 0 Å². The van der Waals surface area contributed by atoms with Gasteiger partial charge in [-0.3, -0.25) is 10.2 Å². The molecule has 53 heavy (non-hydrogen) atoms. The van der Waals surface area contributed by atoms with Crippen molar-refractivity contribution in [3.05, 3.63) is 173 Å². The lowest BCUT2D eigenvalue weighted by Gasteiger charge is -2.38. The molecule has 3 heterocycles. The number of nitrogens with one attached hydrogen (secondary N) is 4. The molecule has 1 aliphatic carbocycles. The summed E-state index contributed by atoms with van der Waals surface area (Å²) in [4.78, 5) is 25.5. The Morgan fingerprint density at radius 2 is 1.42 bits per heavy atom. The number of nitrogens with zero attached hydrogens (tertiary/aromatic N) is 4. The molecule has 0 radical (unpaired) electrons. The number of aryl methyl sites for hydroxylation is 1. The molecule has 9 nitrogen and oxygen atoms in total. The van der Waals surface area contributed by atoms with E-state index in [1.165, 1.54) is 0 Å². The van der Waals surface area contributed by atoms with E-state index in [9.17, 15) is 10.2 Å². The van der Waals surface area contributed by atoms with Gasteiger partial charge in [-0.05, 0) is 48.4 Å². The Balaban J connectivity index is 1.22. The van der Waals surface area contributed by atoms with Crippen LogP contribution < -0.4 is 16.0 Å². The first-order chi connectivity index (χ1) is 25.7. The van der Waals surface area contributed by atoms with Gasteiger partial charge in [-0.25, -0.2) is 28.1 Å². The standard InChI is InChI=1S/C41H37F3N8O/c1-52-24-35(47-25-52)40(53)49-31-19-11-18-30(21-31)48-39-34(44)22-33(43)37(50-39)36(45)32-20-29(42)23-46-38(32)51-41(26-12-5-2-6-13-26,27-14-7-3-8-15-27)28-16-9-4-10-17-28/h2-10,12-17,20,22-25,30-31,45H,11,18-19,21H2,1H3,(H,46,51)(H,48,50)(H,49,53)/t30-,31+/m1/s1. The van der Waals surface area contributed by atoms with Crippen LogP contribution in [0.4, 0.5) is 24.8 Å². The highest BCUT2D eigenvalue weighted by atomic mass is 19.1. The number of imidazole rings is 1. The average Bonchev–Trinajstić information content (AvgIpc) is 3.63. The SMILES string of the molecule is Cn1cnc(C(=O)N[C@H]2CCC[C@@H](Nc3nc(C(=N)c4cc(F)cnc4NC(c4ccccc4)(c4ccccc4)c4ccccc4)c(F)cc3F)C2)c1. The number of amides is 1. The fourth-order valence-corrected chi connectivity index (χ4v) is 6.99. The molecule has 1 saturated carbocycles. The maximum absolute atomic E-state index is 15.6. The van der Waals surface area contributed by atoms with Crippen molar-refractivity contribution in [3.63, 3.8) is 0 Å². The van der Waals surface area contributed by atoms with Crippen LogP contribution in [0.1, 0.15) is 64.1 Å². The minimum atomic E-state index is -1.09. The van der Waals surface area contributed by atoms with Crippen molar-refractivity contribution in [3.8, 4) is 0 Å². The molecule has 6 aromatic rings. The van der Waals surface area contributed by atoms with Crippen molar-refractivity contribution in [2.24, 2.45) is 7.05 Å². The first-order valence-corrected chi connectivity index (χ1v) is 17.3. The monoisotopic (exact) mass is 714 g/mol. The Labute approximate surface area is 304 Å². The second-order valence-corrected chi connectivity index (χ2v) is 13.1. The van der Waals surface area contributed by atoms with Crippen molar-refractivity contribution in [1.29, 1.82) is 5.41 Å². The summed E-state index contributed by atoms with van der Waals surface area (Å²) in [6.07, 6.45) is 6.79. The van der Waals surface area contributed by atoms with E-state index in [0.717, 1.165) is 41.8 Å². The van der Waals surface area contributed by atoms with Crippen molar-refractivity contribution >= 4 is 23.3 Å². The molecule has 0 bridgehead atoms. The van der Waals surface area contributed by atoms with Crippen LogP contribution in [0.3, 0.4) is 0 Å². The first-order valence-electron chi connectivity index (χ1n) is 17.3. The molecule has 0 saturated heterocycles. The molecule has 4 N–H and O–H groups in total. The number of aromatic nitrogens is 4. The molecule has 0 spiro atoms. The van der Waals surface area contributed by atoms with Crippen molar-refractivity contribution < 1.29 is 18.0 Å². The zero-order valence-corrected chi connectivity index (χ0v) is 28.9. The lowest BCUT2D eigenvalue weighted by atomic mass is 9.77. The Morgan fingerprint density at radius 3 is 2.00 bits per heavy atom. The Hall–Kier alpha value is -6.30. The second kappa shape index (κ2) is 15.1. The van der Waals surface area contributed by atoms with Crippen LogP contribution in [0.25, 0.3) is 0 Å². The van der Waals surface area contributed by atoms with Gasteiger partial charge >= 0.3 is 0 Å². The van der Waals surface area contributed by atoms with E-state index < -0.39 is 34.4 Å². The Morgan fingerprint density at radius 1 is 0.811 bits per heavy atom. The number of hydrogen-bond acceptors (Lipinski definition) is 7. The van der Waals surface area contributed by atoms with E-state index in [1.54, 1.807) is 24.1 Å². The minimum Gasteiger partial charge on any atom is -0.365 e. The smallest absolute Gasteiger partial charge is 0.271 e. The van der Waals surface area contributed by atoms with Gasteiger partial charge in [0, 0.05) is 37.0 Å². The van der Waals surface area contributed by atoms with Crippen LogP contribution in [-0.4, -0.2) is 43.2 Å². The van der Waals surface area contributed by atoms with Gasteiger partial charge in [-0.1, -0.05) is 91.0 Å². The third-order valence-electron chi connectivity index (χ3n) is 9.50. The molecule has 1 aliphatic rings. The molecular weight excluding hydrogens is 678 g/mol. The zero-order valence-electron chi connectivity index (χ0n) is 28.9. The van der Waals surface area contributed by atoms with Crippen LogP contribution in [-0.2, 0) is 12.6 Å². The highest BCUT2D eigenvalue weighted by Crippen LogP contribution is 2.40. The number of benzene rings is 3. The van der Waals surface area contributed by atoms with Crippen molar-refractivity contribution in [1.82, 2.24) is 24.8 Å². The number of hydrogen-bond donors (Lipinski definition) is 4. The summed E-state index contributed by atoms with van der Waals surface area (Å²) >= 11 is 0. The van der Waals surface area contributed by atoms with Gasteiger partial charge in [0.05, 0.1) is 18.2 Å². The molecule has 12 heteroatoms. The van der Waals surface area contributed by atoms with Gasteiger partial charge in [0.2, 0.25) is 0 Å². The van der Waals surface area contributed by atoms with E-state index in [-0.39, 0.29) is 35.2 Å². The molecule has 268 valence electrons. The predicted molar refractivity (Wildman–Crippen MR) is 197 cm³/mol. The lowest BCUT2D eigenvalue weighted by Crippen LogP contribution is -2.42. The summed E-state index contributed by atoms with van der Waals surface area (Å²) in [7, 11) is 1.78. The fourth-order valence-electron chi connectivity index (χ4n) is 6.99. The van der Waals surface area contributed by atoms with Crippen LogP contribution in [0.15, 0.2) is 122 Å². The number of carbonyl (C=O) groups excluding carboxylic acids is 1. The molecule has 1 fully saturated rings. The molecule has 0 aliphatic heterocycles. The normalized spacial score (nSPS) is 15.8. The predicted octanol–water partition coefficient (Wildman–Crippen LogP) is 7.60. The van der Waals surface area contributed by atoms with Crippen LogP contribution >= 0.6 is 0 Å². The largest absolute Gasteiger partial charge is 0.365 e. The maximum atomic E-state index is 15.6. The van der Waals surface area contributed by atoms with Crippen molar-refractivity contribution in [2.45, 2.75) is 43.3 Å². The molecule has 1 amide bonds. The maximum Gasteiger partial charge on any atom is 0.271 e. The molecular formula is C41H37F3N8O.